The first-order valence-electron chi connectivity index (χ1n) is 14.2. The Bertz CT molecular complexity index is 1150. The van der Waals surface area contributed by atoms with Crippen LogP contribution in [0.25, 0.3) is 5.57 Å². The molecule has 5 atom stereocenters. The van der Waals surface area contributed by atoms with E-state index >= 15 is 0 Å². The van der Waals surface area contributed by atoms with Crippen LogP contribution in [-0.4, -0.2) is 0 Å². The third kappa shape index (κ3) is 3.53. The van der Waals surface area contributed by atoms with Crippen LogP contribution in [0.2, 0.25) is 0 Å². The number of benzene rings is 1. The molecule has 3 aliphatic carbocycles. The van der Waals surface area contributed by atoms with E-state index in [1.807, 2.05) is 0 Å². The van der Waals surface area contributed by atoms with Crippen molar-refractivity contribution in [2.24, 2.45) is 29.1 Å². The molecular formula is C35H50. The summed E-state index contributed by atoms with van der Waals surface area (Å²) < 4.78 is 0. The molecule has 3 aliphatic rings. The van der Waals surface area contributed by atoms with Crippen LogP contribution in [0.5, 0.6) is 0 Å². The predicted molar refractivity (Wildman–Crippen MR) is 155 cm³/mol. The Hall–Kier alpha value is -1.82. The first-order valence-corrected chi connectivity index (χ1v) is 14.2. The number of fused-ring (bicyclic) bond motifs is 3. The van der Waals surface area contributed by atoms with Crippen molar-refractivity contribution >= 4 is 5.57 Å². The molecule has 0 N–H and O–H groups in total. The number of hydrogen-bond donors (Lipinski definition) is 0. The van der Waals surface area contributed by atoms with Crippen LogP contribution >= 0.6 is 0 Å². The summed E-state index contributed by atoms with van der Waals surface area (Å²) in [5.74, 6) is 2.75. The van der Waals surface area contributed by atoms with E-state index in [0.717, 1.165) is 0 Å². The van der Waals surface area contributed by atoms with Crippen molar-refractivity contribution < 1.29 is 0 Å². The predicted octanol–water partition coefficient (Wildman–Crippen LogP) is 10.3. The van der Waals surface area contributed by atoms with E-state index in [4.69, 9.17) is 13.2 Å². The Kier molecular flexibility index (Phi) is 6.48. The maximum absolute atomic E-state index is 4.85. The molecule has 0 aromatic heterocycles. The standard InChI is InChI=1S/C35H50/c1-14-17-34(11,12)28-16-15-27-21(5)32-23(7)29-18-20(4)30(19(2)3)25(9)35(29,13)26(10)33(32)24(8)31(27)22(28)6/h15-16,19,21,23,29,32H,8-9,14,17-18H2,1-7,10-13H3. The number of hydrogen-bond acceptors (Lipinski definition) is 0. The Balaban J connectivity index is 1.96. The van der Waals surface area contributed by atoms with Crippen molar-refractivity contribution in [2.75, 3.05) is 0 Å². The molecule has 0 aliphatic heterocycles. The highest BCUT2D eigenvalue weighted by Gasteiger charge is 2.54. The van der Waals surface area contributed by atoms with E-state index in [9.17, 15) is 0 Å². The van der Waals surface area contributed by atoms with E-state index in [1.54, 1.807) is 16.7 Å². The summed E-state index contributed by atoms with van der Waals surface area (Å²) in [6.45, 7) is 36.1. The molecular weight excluding hydrogens is 420 g/mol. The quantitative estimate of drug-likeness (QED) is 0.410. The third-order valence-electron chi connectivity index (χ3n) is 10.7. The molecule has 1 aromatic rings. The summed E-state index contributed by atoms with van der Waals surface area (Å²) in [7, 11) is 0. The zero-order valence-corrected chi connectivity index (χ0v) is 24.6. The van der Waals surface area contributed by atoms with Gasteiger partial charge in [-0.15, -0.1) is 0 Å². The molecule has 0 spiro atoms. The monoisotopic (exact) mass is 470 g/mol. The topological polar surface area (TPSA) is 0 Å². The highest BCUT2D eigenvalue weighted by Crippen LogP contribution is 2.65. The molecule has 0 saturated heterocycles. The van der Waals surface area contributed by atoms with Gasteiger partial charge in [0.15, 0.2) is 0 Å². The lowest BCUT2D eigenvalue weighted by Gasteiger charge is -2.57. The molecule has 4 rings (SSSR count). The van der Waals surface area contributed by atoms with Gasteiger partial charge in [-0.3, -0.25) is 0 Å². The summed E-state index contributed by atoms with van der Waals surface area (Å²) >= 11 is 0. The normalized spacial score (nSPS) is 31.1. The number of rotatable bonds is 4. The first-order chi connectivity index (χ1) is 16.2. The molecule has 0 nitrogen and oxygen atoms in total. The van der Waals surface area contributed by atoms with Crippen molar-refractivity contribution in [2.45, 2.75) is 107 Å². The van der Waals surface area contributed by atoms with Crippen LogP contribution in [0.4, 0.5) is 0 Å². The molecule has 1 aromatic carbocycles. The van der Waals surface area contributed by atoms with Gasteiger partial charge in [0, 0.05) is 5.41 Å². The van der Waals surface area contributed by atoms with Gasteiger partial charge in [0.2, 0.25) is 0 Å². The van der Waals surface area contributed by atoms with Crippen molar-refractivity contribution in [1.29, 1.82) is 0 Å². The van der Waals surface area contributed by atoms with Crippen molar-refractivity contribution in [3.63, 3.8) is 0 Å². The minimum atomic E-state index is 0.0114. The highest BCUT2D eigenvalue weighted by atomic mass is 14.6. The van der Waals surface area contributed by atoms with Crippen molar-refractivity contribution in [3.05, 3.63) is 75.4 Å². The molecule has 0 amide bonds. The van der Waals surface area contributed by atoms with E-state index in [0.29, 0.717) is 29.6 Å². The Labute approximate surface area is 216 Å². The minimum absolute atomic E-state index is 0.0114. The lowest BCUT2D eigenvalue weighted by molar-refractivity contribution is 0.121. The van der Waals surface area contributed by atoms with Gasteiger partial charge >= 0.3 is 0 Å². The lowest BCUT2D eigenvalue weighted by Crippen LogP contribution is -2.48. The largest absolute Gasteiger partial charge is 0.0947 e. The van der Waals surface area contributed by atoms with Crippen LogP contribution in [0.1, 0.15) is 117 Å². The molecule has 0 heterocycles. The SMILES string of the molecule is C=C1C2=C(C)C3(C)C(=C)C(C(C)C)=C(C)CC3C(C)C2C(C)c2ccc(C(C)(C)CCC)c(C)c21. The summed E-state index contributed by atoms with van der Waals surface area (Å²) in [4.78, 5) is 0. The molecule has 0 radical (unpaired) electrons. The van der Waals surface area contributed by atoms with Crippen LogP contribution in [-0.2, 0) is 5.41 Å². The molecule has 0 bridgehead atoms. The fourth-order valence-electron chi connectivity index (χ4n) is 8.97. The van der Waals surface area contributed by atoms with Crippen LogP contribution < -0.4 is 0 Å². The van der Waals surface area contributed by atoms with Gasteiger partial charge in [-0.05, 0) is 113 Å². The molecule has 5 unspecified atom stereocenters. The average Bonchev–Trinajstić information content (AvgIpc) is 2.76. The summed E-state index contributed by atoms with van der Waals surface area (Å²) in [5.41, 5.74) is 15.0. The maximum atomic E-state index is 4.85. The fraction of sp³-hybridized carbons (Fsp3) is 0.600. The molecule has 0 saturated carbocycles. The van der Waals surface area contributed by atoms with Crippen LogP contribution in [0, 0.1) is 36.0 Å². The molecule has 0 fully saturated rings. The molecule has 0 heteroatoms. The van der Waals surface area contributed by atoms with Crippen molar-refractivity contribution in [3.8, 4) is 0 Å². The van der Waals surface area contributed by atoms with E-state index in [-0.39, 0.29) is 10.8 Å². The van der Waals surface area contributed by atoms with E-state index in [1.165, 1.54) is 58.2 Å². The first kappa shape index (κ1) is 26.2. The van der Waals surface area contributed by atoms with Crippen molar-refractivity contribution in [1.82, 2.24) is 0 Å². The smallest absolute Gasteiger partial charge is 0.0168 e. The van der Waals surface area contributed by atoms with E-state index in [2.05, 4.69) is 88.3 Å². The Morgan fingerprint density at radius 1 is 1.09 bits per heavy atom. The summed E-state index contributed by atoms with van der Waals surface area (Å²) in [6.07, 6.45) is 3.61. The fourth-order valence-corrected chi connectivity index (χ4v) is 8.97. The maximum Gasteiger partial charge on any atom is 0.0168 e. The van der Waals surface area contributed by atoms with Gasteiger partial charge in [-0.25, -0.2) is 0 Å². The van der Waals surface area contributed by atoms with Crippen LogP contribution in [0.3, 0.4) is 0 Å². The second-order valence-electron chi connectivity index (χ2n) is 13.4. The second kappa shape index (κ2) is 8.64. The highest BCUT2D eigenvalue weighted by molar-refractivity contribution is 5.86. The Morgan fingerprint density at radius 3 is 2.29 bits per heavy atom. The van der Waals surface area contributed by atoms with Crippen LogP contribution in [0.15, 0.2) is 53.2 Å². The zero-order chi connectivity index (χ0) is 26.2. The molecule has 190 valence electrons. The summed E-state index contributed by atoms with van der Waals surface area (Å²) in [5, 5.41) is 0. The number of allylic oxidation sites excluding steroid dienone is 6. The van der Waals surface area contributed by atoms with Gasteiger partial charge in [-0.1, -0.05) is 98.2 Å². The third-order valence-corrected chi connectivity index (χ3v) is 10.7. The van der Waals surface area contributed by atoms with Gasteiger partial charge in [-0.2, -0.15) is 0 Å². The molecule has 35 heavy (non-hydrogen) atoms. The zero-order valence-electron chi connectivity index (χ0n) is 24.6. The van der Waals surface area contributed by atoms with E-state index < -0.39 is 0 Å². The van der Waals surface area contributed by atoms with Gasteiger partial charge in [0.05, 0.1) is 0 Å². The van der Waals surface area contributed by atoms with Gasteiger partial charge in [0.25, 0.3) is 0 Å². The Morgan fingerprint density at radius 2 is 1.71 bits per heavy atom. The summed E-state index contributed by atoms with van der Waals surface area (Å²) in [6, 6.07) is 4.90. The van der Waals surface area contributed by atoms with Gasteiger partial charge in [0.1, 0.15) is 0 Å². The minimum Gasteiger partial charge on any atom is -0.0947 e. The lowest BCUT2D eigenvalue weighted by atomic mass is 9.46. The second-order valence-corrected chi connectivity index (χ2v) is 13.4. The van der Waals surface area contributed by atoms with Gasteiger partial charge < -0.3 is 0 Å². The average molecular weight is 471 g/mol.